The Labute approximate surface area is 158 Å². The van der Waals surface area contributed by atoms with Crippen LogP contribution in [-0.4, -0.2) is 21.0 Å². The molecule has 2 aromatic carbocycles. The van der Waals surface area contributed by atoms with E-state index in [-0.39, 0.29) is 5.56 Å². The second-order valence-electron chi connectivity index (χ2n) is 6.53. The molecular formula is C21H22N4O2. The number of aryl methyl sites for hydroxylation is 1. The van der Waals surface area contributed by atoms with Crippen LogP contribution < -0.4 is 10.6 Å². The minimum absolute atomic E-state index is 0.188. The lowest BCUT2D eigenvalue weighted by molar-refractivity contribution is 0.0698. The van der Waals surface area contributed by atoms with Crippen molar-refractivity contribution in [3.63, 3.8) is 0 Å². The molecule has 3 N–H and O–H groups in total. The summed E-state index contributed by atoms with van der Waals surface area (Å²) in [5, 5.41) is 15.8. The summed E-state index contributed by atoms with van der Waals surface area (Å²) in [4.78, 5) is 20.2. The normalized spacial score (nSPS) is 10.7. The molecule has 0 aliphatic heterocycles. The first-order valence-corrected chi connectivity index (χ1v) is 8.75. The molecule has 0 bridgehead atoms. The van der Waals surface area contributed by atoms with Gasteiger partial charge in [0.2, 0.25) is 0 Å². The molecule has 0 aliphatic carbocycles. The number of hydrogen-bond donors (Lipinski definition) is 3. The Morgan fingerprint density at radius 3 is 2.11 bits per heavy atom. The van der Waals surface area contributed by atoms with Gasteiger partial charge in [-0.25, -0.2) is 14.8 Å². The third-order valence-electron chi connectivity index (χ3n) is 4.10. The Bertz CT molecular complexity index is 970. The zero-order chi connectivity index (χ0) is 19.4. The number of aromatic nitrogens is 2. The molecule has 3 rings (SSSR count). The van der Waals surface area contributed by atoms with Gasteiger partial charge in [-0.15, -0.1) is 0 Å². The summed E-state index contributed by atoms with van der Waals surface area (Å²) in [6, 6.07) is 16.6. The molecule has 138 valence electrons. The minimum atomic E-state index is -0.993. The first-order valence-electron chi connectivity index (χ1n) is 8.75. The number of carboxylic acid groups (broad SMARTS) is 1. The van der Waals surface area contributed by atoms with Gasteiger partial charge in [0.1, 0.15) is 17.5 Å². The number of nitrogens with zero attached hydrogens (tertiary/aromatic N) is 2. The number of carbonyl (C=O) groups is 1. The van der Waals surface area contributed by atoms with E-state index < -0.39 is 5.97 Å². The molecule has 27 heavy (non-hydrogen) atoms. The van der Waals surface area contributed by atoms with Crippen molar-refractivity contribution in [2.24, 2.45) is 0 Å². The molecule has 1 heterocycles. The summed E-state index contributed by atoms with van der Waals surface area (Å²) in [7, 11) is 0. The highest BCUT2D eigenvalue weighted by molar-refractivity contribution is 5.95. The number of anilines is 4. The van der Waals surface area contributed by atoms with Gasteiger partial charge in [-0.05, 0) is 36.6 Å². The molecule has 3 aromatic rings. The van der Waals surface area contributed by atoms with Crippen molar-refractivity contribution in [2.75, 3.05) is 10.6 Å². The molecule has 0 atom stereocenters. The fraction of sp³-hybridized carbons (Fsp3) is 0.190. The van der Waals surface area contributed by atoms with Crippen LogP contribution in [0, 0.1) is 6.92 Å². The van der Waals surface area contributed by atoms with Gasteiger partial charge in [-0.2, -0.15) is 0 Å². The summed E-state index contributed by atoms with van der Waals surface area (Å²) in [6.45, 7) is 6.08. The number of aromatic carboxylic acids is 1. The van der Waals surface area contributed by atoms with E-state index in [2.05, 4.69) is 40.5 Å². The van der Waals surface area contributed by atoms with E-state index in [9.17, 15) is 9.90 Å². The molecule has 0 unspecified atom stereocenters. The summed E-state index contributed by atoms with van der Waals surface area (Å²) in [5.74, 6) is 1.13. The first-order chi connectivity index (χ1) is 12.9. The zero-order valence-electron chi connectivity index (χ0n) is 15.5. The molecule has 0 fully saturated rings. The lowest BCUT2D eigenvalue weighted by Gasteiger charge is -2.15. The van der Waals surface area contributed by atoms with Gasteiger partial charge < -0.3 is 15.7 Å². The first kappa shape index (κ1) is 18.4. The lowest BCUT2D eigenvalue weighted by Crippen LogP contribution is -2.06. The van der Waals surface area contributed by atoms with Crippen molar-refractivity contribution >= 4 is 29.0 Å². The van der Waals surface area contributed by atoms with Crippen LogP contribution in [0.3, 0.4) is 0 Å². The van der Waals surface area contributed by atoms with Gasteiger partial charge in [-0.3, -0.25) is 0 Å². The van der Waals surface area contributed by atoms with Gasteiger partial charge in [0.05, 0.1) is 11.3 Å². The molecular weight excluding hydrogens is 340 g/mol. The second-order valence-corrected chi connectivity index (χ2v) is 6.53. The van der Waals surface area contributed by atoms with E-state index >= 15 is 0 Å². The van der Waals surface area contributed by atoms with Gasteiger partial charge in [0.15, 0.2) is 0 Å². The van der Waals surface area contributed by atoms with Gasteiger partial charge in [0, 0.05) is 11.8 Å². The Hall–Kier alpha value is -3.41. The number of rotatable bonds is 6. The van der Waals surface area contributed by atoms with Crippen LogP contribution >= 0.6 is 0 Å². The van der Waals surface area contributed by atoms with Crippen molar-refractivity contribution in [1.29, 1.82) is 0 Å². The van der Waals surface area contributed by atoms with Crippen molar-refractivity contribution < 1.29 is 9.90 Å². The van der Waals surface area contributed by atoms with E-state index in [1.807, 2.05) is 18.2 Å². The summed E-state index contributed by atoms with van der Waals surface area (Å²) in [6.07, 6.45) is 0. The highest BCUT2D eigenvalue weighted by atomic mass is 16.4. The number of carboxylic acids is 1. The Morgan fingerprint density at radius 2 is 1.48 bits per heavy atom. The highest BCUT2D eigenvalue weighted by Crippen LogP contribution is 2.27. The van der Waals surface area contributed by atoms with Crippen molar-refractivity contribution in [1.82, 2.24) is 9.97 Å². The van der Waals surface area contributed by atoms with Crippen molar-refractivity contribution in [2.45, 2.75) is 26.7 Å². The van der Waals surface area contributed by atoms with Gasteiger partial charge in [0.25, 0.3) is 0 Å². The average molecular weight is 362 g/mol. The largest absolute Gasteiger partial charge is 0.478 e. The number of benzene rings is 2. The quantitative estimate of drug-likeness (QED) is 0.566. The van der Waals surface area contributed by atoms with Crippen LogP contribution in [0.2, 0.25) is 0 Å². The van der Waals surface area contributed by atoms with E-state index in [4.69, 9.17) is 0 Å². The maximum Gasteiger partial charge on any atom is 0.337 e. The Kier molecular flexibility index (Phi) is 5.35. The van der Waals surface area contributed by atoms with Gasteiger partial charge in [-0.1, -0.05) is 44.2 Å². The molecule has 0 saturated heterocycles. The van der Waals surface area contributed by atoms with Crippen LogP contribution in [0.25, 0.3) is 0 Å². The molecule has 6 heteroatoms. The van der Waals surface area contributed by atoms with Gasteiger partial charge >= 0.3 is 5.97 Å². The van der Waals surface area contributed by atoms with E-state index in [1.165, 1.54) is 5.56 Å². The van der Waals surface area contributed by atoms with E-state index in [0.29, 0.717) is 29.1 Å². The smallest absolute Gasteiger partial charge is 0.337 e. The lowest BCUT2D eigenvalue weighted by atomic mass is 10.0. The van der Waals surface area contributed by atoms with Crippen molar-refractivity contribution in [3.05, 3.63) is 71.5 Å². The summed E-state index contributed by atoms with van der Waals surface area (Å²) >= 11 is 0. The maximum absolute atomic E-state index is 11.4. The van der Waals surface area contributed by atoms with E-state index in [0.717, 1.165) is 5.69 Å². The predicted octanol–water partition coefficient (Wildman–Crippen LogP) is 5.09. The zero-order valence-corrected chi connectivity index (χ0v) is 15.5. The third-order valence-corrected chi connectivity index (χ3v) is 4.10. The van der Waals surface area contributed by atoms with Crippen molar-refractivity contribution in [3.8, 4) is 0 Å². The molecule has 0 aliphatic rings. The Morgan fingerprint density at radius 1 is 0.926 bits per heavy atom. The van der Waals surface area contributed by atoms with Crippen LogP contribution in [0.4, 0.5) is 23.0 Å². The van der Waals surface area contributed by atoms with Crippen LogP contribution in [0.5, 0.6) is 0 Å². The molecule has 1 aromatic heterocycles. The Balaban J connectivity index is 1.91. The molecule has 0 spiro atoms. The van der Waals surface area contributed by atoms with E-state index in [1.54, 1.807) is 37.3 Å². The molecule has 0 saturated carbocycles. The summed E-state index contributed by atoms with van der Waals surface area (Å²) < 4.78 is 0. The fourth-order valence-electron chi connectivity index (χ4n) is 2.86. The minimum Gasteiger partial charge on any atom is -0.478 e. The molecule has 0 radical (unpaired) electrons. The summed E-state index contributed by atoms with van der Waals surface area (Å²) in [5.41, 5.74) is 2.85. The second kappa shape index (κ2) is 7.86. The van der Waals surface area contributed by atoms with Crippen LogP contribution in [0.15, 0.2) is 54.6 Å². The average Bonchev–Trinajstić information content (AvgIpc) is 2.61. The predicted molar refractivity (Wildman–Crippen MR) is 107 cm³/mol. The number of hydrogen-bond acceptors (Lipinski definition) is 5. The molecule has 0 amide bonds. The standard InChI is InChI=1S/C21H22N4O2/c1-13(2)15-8-4-6-10-17(15)24-19-12-20(23-14(3)22-19)25-18-11-7-5-9-16(18)21(26)27/h4-13H,1-3H3,(H,26,27)(H2,22,23,24,25). The highest BCUT2D eigenvalue weighted by Gasteiger charge is 2.12. The molecule has 6 nitrogen and oxygen atoms in total. The third kappa shape index (κ3) is 4.41. The number of nitrogens with one attached hydrogen (secondary N) is 2. The topological polar surface area (TPSA) is 87.1 Å². The maximum atomic E-state index is 11.4. The van der Waals surface area contributed by atoms with Crippen LogP contribution in [-0.2, 0) is 0 Å². The number of para-hydroxylation sites is 2. The monoisotopic (exact) mass is 362 g/mol. The van der Waals surface area contributed by atoms with Crippen LogP contribution in [0.1, 0.15) is 41.5 Å². The SMILES string of the molecule is Cc1nc(Nc2ccccc2C(=O)O)cc(Nc2ccccc2C(C)C)n1. The fourth-order valence-corrected chi connectivity index (χ4v) is 2.86.